The molecule has 0 aliphatic carbocycles. The summed E-state index contributed by atoms with van der Waals surface area (Å²) in [5.74, 6) is 6.80. The Kier molecular flexibility index (Phi) is 3.99. The van der Waals surface area contributed by atoms with Gasteiger partial charge in [0.1, 0.15) is 17.1 Å². The maximum Gasteiger partial charge on any atom is 0.358 e. The van der Waals surface area contributed by atoms with Crippen molar-refractivity contribution in [3.8, 4) is 23.4 Å². The lowest BCUT2D eigenvalue weighted by Crippen LogP contribution is -2.14. The number of hydrogen-bond donors (Lipinski definition) is 1. The first kappa shape index (κ1) is 16.0. The molecule has 7 heteroatoms. The summed E-state index contributed by atoms with van der Waals surface area (Å²) in [7, 11) is 1.31. The zero-order chi connectivity index (χ0) is 17.3. The van der Waals surface area contributed by atoms with E-state index in [1.165, 1.54) is 7.11 Å². The van der Waals surface area contributed by atoms with Gasteiger partial charge in [-0.1, -0.05) is 5.92 Å². The quantitative estimate of drug-likeness (QED) is 0.624. The summed E-state index contributed by atoms with van der Waals surface area (Å²) in [6.07, 6.45) is 2.12. The molecular formula is C17H17N3O4. The molecule has 0 saturated carbocycles. The number of carbonyl (C=O) groups excluding carboxylic acids is 1. The summed E-state index contributed by atoms with van der Waals surface area (Å²) < 4.78 is 12.1. The molecule has 1 N–H and O–H groups in total. The van der Waals surface area contributed by atoms with Crippen LogP contribution in [0.1, 0.15) is 35.9 Å². The number of methoxy groups -OCH3 is 1. The fourth-order valence-electron chi connectivity index (χ4n) is 2.24. The van der Waals surface area contributed by atoms with E-state index < -0.39 is 11.6 Å². The van der Waals surface area contributed by atoms with Gasteiger partial charge in [-0.05, 0) is 31.9 Å². The first-order chi connectivity index (χ1) is 11.4. The molecule has 3 rings (SSSR count). The number of aliphatic hydroxyl groups is 1. The molecule has 0 unspecified atom stereocenters. The van der Waals surface area contributed by atoms with Gasteiger partial charge in [-0.15, -0.1) is 0 Å². The Morgan fingerprint density at radius 3 is 2.92 bits per heavy atom. The van der Waals surface area contributed by atoms with Crippen LogP contribution in [0.4, 0.5) is 0 Å². The fraction of sp³-hybridized carbons (Fsp3) is 0.353. The minimum atomic E-state index is -1.11. The number of aromatic nitrogens is 3. The van der Waals surface area contributed by atoms with E-state index in [-0.39, 0.29) is 5.69 Å². The van der Waals surface area contributed by atoms with Crippen molar-refractivity contribution in [3.05, 3.63) is 35.5 Å². The molecule has 0 radical (unpaired) electrons. The van der Waals surface area contributed by atoms with Crippen molar-refractivity contribution in [1.82, 2.24) is 14.5 Å². The van der Waals surface area contributed by atoms with Crippen LogP contribution < -0.4 is 4.74 Å². The van der Waals surface area contributed by atoms with Crippen LogP contribution >= 0.6 is 0 Å². The molecule has 7 nitrogen and oxygen atoms in total. The van der Waals surface area contributed by atoms with Crippen LogP contribution in [0, 0.1) is 11.8 Å². The Balaban J connectivity index is 2.08. The van der Waals surface area contributed by atoms with Crippen molar-refractivity contribution in [3.63, 3.8) is 0 Å². The third-order valence-electron chi connectivity index (χ3n) is 3.32. The van der Waals surface area contributed by atoms with Gasteiger partial charge in [0, 0.05) is 12.6 Å². The zero-order valence-electron chi connectivity index (χ0n) is 13.7. The molecule has 3 heterocycles. The largest absolute Gasteiger partial charge is 0.489 e. The summed E-state index contributed by atoms with van der Waals surface area (Å²) in [6, 6.07) is 3.49. The number of carbonyl (C=O) groups is 1. The van der Waals surface area contributed by atoms with Gasteiger partial charge in [0.2, 0.25) is 0 Å². The second-order valence-electron chi connectivity index (χ2n) is 5.83. The minimum Gasteiger partial charge on any atom is -0.489 e. The number of ether oxygens (including phenoxy) is 2. The van der Waals surface area contributed by atoms with E-state index in [0.717, 1.165) is 0 Å². The van der Waals surface area contributed by atoms with Gasteiger partial charge >= 0.3 is 5.97 Å². The molecular weight excluding hydrogens is 310 g/mol. The van der Waals surface area contributed by atoms with Crippen molar-refractivity contribution in [2.45, 2.75) is 25.9 Å². The molecule has 0 atom stereocenters. The summed E-state index contributed by atoms with van der Waals surface area (Å²) in [5.41, 5.74) is -0.404. The SMILES string of the molecule is COC(=O)c1cn2c(n1)CCOc1ccc(C#CC(C)(C)O)nc1-2. The summed E-state index contributed by atoms with van der Waals surface area (Å²) in [6.45, 7) is 3.63. The lowest BCUT2D eigenvalue weighted by Gasteiger charge is -2.09. The molecule has 0 saturated heterocycles. The van der Waals surface area contributed by atoms with Crippen molar-refractivity contribution in [1.29, 1.82) is 0 Å². The van der Waals surface area contributed by atoms with Gasteiger partial charge in [0.05, 0.1) is 13.7 Å². The van der Waals surface area contributed by atoms with Crippen molar-refractivity contribution in [2.24, 2.45) is 0 Å². The number of fused-ring (bicyclic) bond motifs is 3. The van der Waals surface area contributed by atoms with Crippen molar-refractivity contribution < 1.29 is 19.4 Å². The number of hydrogen-bond acceptors (Lipinski definition) is 6. The number of nitrogens with zero attached hydrogens (tertiary/aromatic N) is 3. The highest BCUT2D eigenvalue weighted by Gasteiger charge is 2.22. The first-order valence-electron chi connectivity index (χ1n) is 7.44. The standard InChI is InChI=1S/C17H17N3O4/c1-17(2,22)8-6-11-4-5-13-15(18-11)20-10-12(16(21)23-3)19-14(20)7-9-24-13/h4-5,10,22H,7,9H2,1-3H3. The Labute approximate surface area is 139 Å². The maximum atomic E-state index is 11.7. The average Bonchev–Trinajstić information content (AvgIpc) is 2.89. The average molecular weight is 327 g/mol. The molecule has 0 aromatic carbocycles. The second kappa shape index (κ2) is 5.98. The van der Waals surface area contributed by atoms with E-state index in [4.69, 9.17) is 9.47 Å². The number of rotatable bonds is 1. The third-order valence-corrected chi connectivity index (χ3v) is 3.32. The Hall–Kier alpha value is -2.85. The molecule has 124 valence electrons. The van der Waals surface area contributed by atoms with E-state index >= 15 is 0 Å². The molecule has 0 spiro atoms. The van der Waals surface area contributed by atoms with Crippen LogP contribution in [0.2, 0.25) is 0 Å². The Morgan fingerprint density at radius 2 is 2.21 bits per heavy atom. The molecule has 2 aromatic heterocycles. The molecule has 0 fully saturated rings. The van der Waals surface area contributed by atoms with E-state index in [1.807, 2.05) is 0 Å². The summed E-state index contributed by atoms with van der Waals surface area (Å²) in [5, 5.41) is 9.72. The summed E-state index contributed by atoms with van der Waals surface area (Å²) >= 11 is 0. The van der Waals surface area contributed by atoms with E-state index in [9.17, 15) is 9.90 Å². The van der Waals surface area contributed by atoms with Gasteiger partial charge in [-0.3, -0.25) is 4.57 Å². The lowest BCUT2D eigenvalue weighted by molar-refractivity contribution is 0.0594. The number of pyridine rings is 1. The van der Waals surface area contributed by atoms with Crippen LogP contribution in [0.25, 0.3) is 5.82 Å². The maximum absolute atomic E-state index is 11.7. The smallest absolute Gasteiger partial charge is 0.358 e. The van der Waals surface area contributed by atoms with Gasteiger partial charge in [-0.2, -0.15) is 0 Å². The van der Waals surface area contributed by atoms with Gasteiger partial charge < -0.3 is 14.6 Å². The molecule has 0 bridgehead atoms. The van der Waals surface area contributed by atoms with Crippen LogP contribution in [0.15, 0.2) is 18.3 Å². The van der Waals surface area contributed by atoms with E-state index in [0.29, 0.717) is 36.1 Å². The normalized spacial score (nSPS) is 12.8. The highest BCUT2D eigenvalue weighted by Crippen LogP contribution is 2.26. The van der Waals surface area contributed by atoms with Gasteiger partial charge in [0.25, 0.3) is 0 Å². The molecule has 1 aliphatic rings. The molecule has 0 amide bonds. The Morgan fingerprint density at radius 1 is 1.42 bits per heavy atom. The Bertz CT molecular complexity index is 853. The van der Waals surface area contributed by atoms with Gasteiger partial charge in [-0.25, -0.2) is 14.8 Å². The topological polar surface area (TPSA) is 86.5 Å². The third kappa shape index (κ3) is 3.24. The fourth-order valence-corrected chi connectivity index (χ4v) is 2.24. The van der Waals surface area contributed by atoms with Crippen molar-refractivity contribution >= 4 is 5.97 Å². The predicted molar refractivity (Wildman–Crippen MR) is 85.1 cm³/mol. The van der Waals surface area contributed by atoms with E-state index in [1.54, 1.807) is 36.7 Å². The zero-order valence-corrected chi connectivity index (χ0v) is 13.7. The number of imidazole rings is 1. The number of esters is 1. The molecule has 24 heavy (non-hydrogen) atoms. The molecule has 2 aromatic rings. The van der Waals surface area contributed by atoms with Crippen LogP contribution in [-0.4, -0.2) is 44.9 Å². The van der Waals surface area contributed by atoms with Gasteiger partial charge in [0.15, 0.2) is 17.3 Å². The first-order valence-corrected chi connectivity index (χ1v) is 7.44. The summed E-state index contributed by atoms with van der Waals surface area (Å²) in [4.78, 5) is 20.5. The van der Waals surface area contributed by atoms with Crippen LogP contribution in [-0.2, 0) is 11.2 Å². The molecule has 1 aliphatic heterocycles. The van der Waals surface area contributed by atoms with Crippen LogP contribution in [0.3, 0.4) is 0 Å². The predicted octanol–water partition coefficient (Wildman–Crippen LogP) is 1.11. The highest BCUT2D eigenvalue weighted by molar-refractivity contribution is 5.87. The van der Waals surface area contributed by atoms with E-state index in [2.05, 4.69) is 21.8 Å². The lowest BCUT2D eigenvalue weighted by atomic mass is 10.1. The highest BCUT2D eigenvalue weighted by atomic mass is 16.5. The van der Waals surface area contributed by atoms with Crippen molar-refractivity contribution in [2.75, 3.05) is 13.7 Å². The monoisotopic (exact) mass is 327 g/mol. The van der Waals surface area contributed by atoms with Crippen LogP contribution in [0.5, 0.6) is 5.75 Å². The second-order valence-corrected chi connectivity index (χ2v) is 5.83. The minimum absolute atomic E-state index is 0.218.